The zero-order valence-corrected chi connectivity index (χ0v) is 18.7. The first-order chi connectivity index (χ1) is 13.3. The largest absolute Gasteiger partial charge is 0.329 e. The Labute approximate surface area is 174 Å². The average molecular weight is 398 g/mol. The number of hydrogen-bond acceptors (Lipinski definition) is 4. The van der Waals surface area contributed by atoms with Gasteiger partial charge in [0.15, 0.2) is 0 Å². The van der Waals surface area contributed by atoms with Crippen molar-refractivity contribution >= 4 is 11.3 Å². The van der Waals surface area contributed by atoms with Gasteiger partial charge in [0.1, 0.15) is 0 Å². The van der Waals surface area contributed by atoms with E-state index in [0.717, 1.165) is 31.9 Å². The van der Waals surface area contributed by atoms with Crippen LogP contribution in [0.15, 0.2) is 23.6 Å². The number of benzene rings is 1. The minimum Gasteiger partial charge on any atom is -0.329 e. The quantitative estimate of drug-likeness (QED) is 0.761. The second-order valence-corrected chi connectivity index (χ2v) is 10.9. The van der Waals surface area contributed by atoms with Crippen LogP contribution in [0.5, 0.6) is 0 Å². The molecule has 2 heterocycles. The van der Waals surface area contributed by atoms with E-state index in [1.54, 1.807) is 0 Å². The minimum atomic E-state index is 0.246. The normalized spacial score (nSPS) is 22.2. The van der Waals surface area contributed by atoms with Crippen LogP contribution in [-0.2, 0) is 10.8 Å². The maximum Gasteiger partial charge on any atom is 0.0964 e. The number of aromatic nitrogens is 1. The van der Waals surface area contributed by atoms with E-state index in [-0.39, 0.29) is 10.8 Å². The number of likely N-dealkylation sites (tertiary alicyclic amines) is 1. The summed E-state index contributed by atoms with van der Waals surface area (Å²) in [6.45, 7) is 13.7. The smallest absolute Gasteiger partial charge is 0.0964 e. The highest BCUT2D eigenvalue weighted by Crippen LogP contribution is 2.47. The first kappa shape index (κ1) is 20.1. The Morgan fingerprint density at radius 1 is 1.07 bits per heavy atom. The van der Waals surface area contributed by atoms with Gasteiger partial charge >= 0.3 is 0 Å². The van der Waals surface area contributed by atoms with Gasteiger partial charge in [-0.25, -0.2) is 4.98 Å². The van der Waals surface area contributed by atoms with Crippen LogP contribution in [0.4, 0.5) is 0 Å². The summed E-state index contributed by atoms with van der Waals surface area (Å²) in [7, 11) is 0. The van der Waals surface area contributed by atoms with Crippen molar-refractivity contribution in [1.29, 1.82) is 0 Å². The molecule has 0 bridgehead atoms. The van der Waals surface area contributed by atoms with Crippen molar-refractivity contribution in [2.45, 2.75) is 70.1 Å². The molecule has 0 saturated carbocycles. The third kappa shape index (κ3) is 3.79. The van der Waals surface area contributed by atoms with Gasteiger partial charge < -0.3 is 10.6 Å². The van der Waals surface area contributed by atoms with E-state index in [1.165, 1.54) is 47.4 Å². The highest BCUT2D eigenvalue weighted by molar-refractivity contribution is 7.10. The van der Waals surface area contributed by atoms with Gasteiger partial charge in [-0.3, -0.25) is 0 Å². The fourth-order valence-corrected chi connectivity index (χ4v) is 5.94. The topological polar surface area (TPSA) is 42.1 Å². The van der Waals surface area contributed by atoms with Crippen LogP contribution >= 0.6 is 11.3 Å². The van der Waals surface area contributed by atoms with Crippen LogP contribution in [0.25, 0.3) is 11.3 Å². The van der Waals surface area contributed by atoms with Crippen molar-refractivity contribution in [3.63, 3.8) is 0 Å². The third-order valence-corrected chi connectivity index (χ3v) is 8.06. The Morgan fingerprint density at radius 2 is 1.75 bits per heavy atom. The summed E-state index contributed by atoms with van der Waals surface area (Å²) in [5.74, 6) is 0.612. The van der Waals surface area contributed by atoms with Crippen molar-refractivity contribution in [2.24, 2.45) is 5.73 Å². The standard InChI is InChI=1S/C24H35N3S/c1-23(2)9-10-24(3,4)20-15-18(5-6-19(20)23)21-16-28-22(26-21)17-7-12-27(13-8-17)14-11-25/h5-6,15-17H,7-14,25H2,1-4H3. The number of piperidine rings is 1. The molecule has 0 radical (unpaired) electrons. The Bertz CT molecular complexity index is 828. The zero-order valence-electron chi connectivity index (χ0n) is 17.9. The van der Waals surface area contributed by atoms with Crippen molar-refractivity contribution in [1.82, 2.24) is 9.88 Å². The van der Waals surface area contributed by atoms with Crippen LogP contribution in [0.1, 0.15) is 75.4 Å². The SMILES string of the molecule is CC1(C)CCC(C)(C)c2cc(-c3csc(C4CCN(CCN)CC4)n3)ccc21. The number of nitrogens with two attached hydrogens (primary N) is 1. The summed E-state index contributed by atoms with van der Waals surface area (Å²) < 4.78 is 0. The Kier molecular flexibility index (Phi) is 5.41. The van der Waals surface area contributed by atoms with Gasteiger partial charge in [0.25, 0.3) is 0 Å². The molecule has 1 aliphatic carbocycles. The summed E-state index contributed by atoms with van der Waals surface area (Å²) in [6, 6.07) is 7.10. The summed E-state index contributed by atoms with van der Waals surface area (Å²) in [6.07, 6.45) is 4.92. The molecular formula is C24H35N3S. The van der Waals surface area contributed by atoms with Gasteiger partial charge in [-0.05, 0) is 66.8 Å². The molecule has 2 N–H and O–H groups in total. The summed E-state index contributed by atoms with van der Waals surface area (Å²) in [4.78, 5) is 7.57. The van der Waals surface area contributed by atoms with Crippen LogP contribution in [0.3, 0.4) is 0 Å². The van der Waals surface area contributed by atoms with Crippen LogP contribution in [-0.4, -0.2) is 36.1 Å². The molecule has 1 aliphatic heterocycles. The van der Waals surface area contributed by atoms with Crippen molar-refractivity contribution in [3.05, 3.63) is 39.7 Å². The molecule has 1 aromatic carbocycles. The number of hydrogen-bond donors (Lipinski definition) is 1. The number of fused-ring (bicyclic) bond motifs is 1. The Hall–Kier alpha value is -1.23. The second kappa shape index (κ2) is 7.55. The van der Waals surface area contributed by atoms with E-state index >= 15 is 0 Å². The molecule has 3 nitrogen and oxygen atoms in total. The molecule has 1 aromatic heterocycles. The summed E-state index contributed by atoms with van der Waals surface area (Å²) >= 11 is 1.85. The van der Waals surface area contributed by atoms with Crippen LogP contribution in [0.2, 0.25) is 0 Å². The van der Waals surface area contributed by atoms with E-state index in [9.17, 15) is 0 Å². The predicted octanol–water partition coefficient (Wildman–Crippen LogP) is 5.30. The first-order valence-electron chi connectivity index (χ1n) is 10.8. The lowest BCUT2D eigenvalue weighted by Crippen LogP contribution is -2.36. The molecule has 2 aromatic rings. The van der Waals surface area contributed by atoms with Gasteiger partial charge in [-0.1, -0.05) is 39.8 Å². The van der Waals surface area contributed by atoms with E-state index in [1.807, 2.05) is 11.3 Å². The van der Waals surface area contributed by atoms with Gasteiger partial charge in [0.2, 0.25) is 0 Å². The molecule has 0 unspecified atom stereocenters. The fourth-order valence-electron chi connectivity index (χ4n) is 4.94. The van der Waals surface area contributed by atoms with Gasteiger partial charge in [0, 0.05) is 30.0 Å². The number of nitrogens with zero attached hydrogens (tertiary/aromatic N) is 2. The van der Waals surface area contributed by atoms with Gasteiger partial charge in [-0.15, -0.1) is 11.3 Å². The first-order valence-corrected chi connectivity index (χ1v) is 11.7. The number of rotatable bonds is 4. The molecular weight excluding hydrogens is 362 g/mol. The molecule has 4 rings (SSSR count). The Balaban J connectivity index is 1.57. The Morgan fingerprint density at radius 3 is 2.43 bits per heavy atom. The van der Waals surface area contributed by atoms with Crippen molar-refractivity contribution < 1.29 is 0 Å². The molecule has 1 saturated heterocycles. The third-order valence-electron chi connectivity index (χ3n) is 7.05. The minimum absolute atomic E-state index is 0.246. The van der Waals surface area contributed by atoms with E-state index in [0.29, 0.717) is 5.92 Å². The lowest BCUT2D eigenvalue weighted by atomic mass is 9.63. The molecule has 28 heavy (non-hydrogen) atoms. The maximum atomic E-state index is 5.71. The molecule has 152 valence electrons. The van der Waals surface area contributed by atoms with E-state index < -0.39 is 0 Å². The molecule has 0 amide bonds. The highest BCUT2D eigenvalue weighted by Gasteiger charge is 2.37. The molecule has 0 spiro atoms. The van der Waals surface area contributed by atoms with Crippen LogP contribution in [0, 0.1) is 0 Å². The summed E-state index contributed by atoms with van der Waals surface area (Å²) in [5.41, 5.74) is 11.7. The van der Waals surface area contributed by atoms with Gasteiger partial charge in [-0.2, -0.15) is 0 Å². The van der Waals surface area contributed by atoms with E-state index in [4.69, 9.17) is 10.7 Å². The predicted molar refractivity (Wildman–Crippen MR) is 120 cm³/mol. The zero-order chi connectivity index (χ0) is 19.9. The average Bonchev–Trinajstić information content (AvgIpc) is 3.16. The monoisotopic (exact) mass is 397 g/mol. The summed E-state index contributed by atoms with van der Waals surface area (Å²) in [5, 5.41) is 3.59. The lowest BCUT2D eigenvalue weighted by molar-refractivity contribution is 0.217. The maximum absolute atomic E-state index is 5.71. The van der Waals surface area contributed by atoms with E-state index in [2.05, 4.69) is 56.2 Å². The molecule has 4 heteroatoms. The lowest BCUT2D eigenvalue weighted by Gasteiger charge is -2.42. The molecule has 2 aliphatic rings. The highest BCUT2D eigenvalue weighted by atomic mass is 32.1. The second-order valence-electron chi connectivity index (χ2n) is 10.0. The van der Waals surface area contributed by atoms with Crippen molar-refractivity contribution in [2.75, 3.05) is 26.2 Å². The molecule has 1 fully saturated rings. The fraction of sp³-hybridized carbons (Fsp3) is 0.625. The van der Waals surface area contributed by atoms with Gasteiger partial charge in [0.05, 0.1) is 10.7 Å². The van der Waals surface area contributed by atoms with Crippen LogP contribution < -0.4 is 5.73 Å². The number of thiazole rings is 1. The van der Waals surface area contributed by atoms with Crippen molar-refractivity contribution in [3.8, 4) is 11.3 Å². The molecule has 0 atom stereocenters.